The molecule has 1 aromatic rings. The van der Waals surface area contributed by atoms with Gasteiger partial charge in [0.1, 0.15) is 0 Å². The number of nitrogens with zero attached hydrogens (tertiary/aromatic N) is 2. The lowest BCUT2D eigenvalue weighted by molar-refractivity contribution is -0.130. The molecule has 0 unspecified atom stereocenters. The molecule has 2 N–H and O–H groups in total. The molecule has 0 saturated carbocycles. The number of benzene rings is 1. The van der Waals surface area contributed by atoms with E-state index in [-0.39, 0.29) is 5.91 Å². The fraction of sp³-hybridized carbons (Fsp3) is 0.533. The highest BCUT2D eigenvalue weighted by Crippen LogP contribution is 2.29. The smallest absolute Gasteiger partial charge is 0.242 e. The Morgan fingerprint density at radius 1 is 1.16 bits per heavy atom. The van der Waals surface area contributed by atoms with Gasteiger partial charge in [0.25, 0.3) is 0 Å². The van der Waals surface area contributed by atoms with Crippen LogP contribution in [0.25, 0.3) is 0 Å². The highest BCUT2D eigenvalue weighted by molar-refractivity contribution is 5.83. The van der Waals surface area contributed by atoms with Crippen LogP contribution >= 0.6 is 0 Å². The van der Waals surface area contributed by atoms with Gasteiger partial charge in [-0.1, -0.05) is 6.07 Å². The van der Waals surface area contributed by atoms with Crippen LogP contribution in [0.2, 0.25) is 0 Å². The first-order chi connectivity index (χ1) is 9.24. The number of amides is 1. The Morgan fingerprint density at radius 3 is 2.74 bits per heavy atom. The lowest BCUT2D eigenvalue weighted by atomic mass is 10.1. The summed E-state index contributed by atoms with van der Waals surface area (Å²) in [6.45, 7) is 3.28. The van der Waals surface area contributed by atoms with Crippen LogP contribution in [-0.4, -0.2) is 37.0 Å². The SMILES string of the molecule is Nc1ccc2c(c1)N(CC(=O)N1CCCCC1)CC2. The van der Waals surface area contributed by atoms with Crippen molar-refractivity contribution in [2.45, 2.75) is 25.7 Å². The maximum absolute atomic E-state index is 12.3. The fourth-order valence-electron chi connectivity index (χ4n) is 3.03. The van der Waals surface area contributed by atoms with Crippen molar-refractivity contribution in [1.82, 2.24) is 4.90 Å². The van der Waals surface area contributed by atoms with E-state index in [1.165, 1.54) is 12.0 Å². The molecule has 0 spiro atoms. The van der Waals surface area contributed by atoms with Gasteiger partial charge in [0.15, 0.2) is 0 Å². The van der Waals surface area contributed by atoms with Crippen molar-refractivity contribution in [3.63, 3.8) is 0 Å². The number of fused-ring (bicyclic) bond motifs is 1. The van der Waals surface area contributed by atoms with E-state index in [2.05, 4.69) is 11.0 Å². The zero-order chi connectivity index (χ0) is 13.2. The van der Waals surface area contributed by atoms with Gasteiger partial charge in [-0.2, -0.15) is 0 Å². The topological polar surface area (TPSA) is 49.6 Å². The summed E-state index contributed by atoms with van der Waals surface area (Å²) in [5.74, 6) is 0.259. The molecule has 19 heavy (non-hydrogen) atoms. The highest BCUT2D eigenvalue weighted by atomic mass is 16.2. The quantitative estimate of drug-likeness (QED) is 0.822. The molecule has 0 aromatic heterocycles. The van der Waals surface area contributed by atoms with Crippen LogP contribution in [0.1, 0.15) is 24.8 Å². The largest absolute Gasteiger partial charge is 0.399 e. The number of carbonyl (C=O) groups excluding carboxylic acids is 1. The summed E-state index contributed by atoms with van der Waals surface area (Å²) in [4.78, 5) is 16.5. The van der Waals surface area contributed by atoms with Crippen LogP contribution in [0, 0.1) is 0 Å². The molecule has 1 saturated heterocycles. The minimum Gasteiger partial charge on any atom is -0.399 e. The van der Waals surface area contributed by atoms with Crippen molar-refractivity contribution in [3.05, 3.63) is 23.8 Å². The molecular weight excluding hydrogens is 238 g/mol. The number of piperidine rings is 1. The summed E-state index contributed by atoms with van der Waals surface area (Å²) in [7, 11) is 0. The summed E-state index contributed by atoms with van der Waals surface area (Å²) in [6.07, 6.45) is 4.57. The predicted molar refractivity (Wildman–Crippen MR) is 77.2 cm³/mol. The third kappa shape index (κ3) is 2.53. The van der Waals surface area contributed by atoms with E-state index in [1.807, 2.05) is 17.0 Å². The van der Waals surface area contributed by atoms with E-state index < -0.39 is 0 Å². The average Bonchev–Trinajstić information content (AvgIpc) is 2.82. The van der Waals surface area contributed by atoms with Crippen LogP contribution in [0.15, 0.2) is 18.2 Å². The Kier molecular flexibility index (Phi) is 3.32. The van der Waals surface area contributed by atoms with Gasteiger partial charge in [0, 0.05) is 31.0 Å². The second kappa shape index (κ2) is 5.11. The van der Waals surface area contributed by atoms with Crippen molar-refractivity contribution in [2.24, 2.45) is 0 Å². The van der Waals surface area contributed by atoms with E-state index in [9.17, 15) is 4.79 Å². The lowest BCUT2D eigenvalue weighted by Gasteiger charge is -2.29. The van der Waals surface area contributed by atoms with Crippen molar-refractivity contribution in [3.8, 4) is 0 Å². The molecular formula is C15H21N3O. The maximum atomic E-state index is 12.3. The Labute approximate surface area is 114 Å². The van der Waals surface area contributed by atoms with Crippen LogP contribution in [0.5, 0.6) is 0 Å². The van der Waals surface area contributed by atoms with Crippen molar-refractivity contribution in [2.75, 3.05) is 36.8 Å². The standard InChI is InChI=1S/C15H21N3O/c16-13-5-4-12-6-9-18(14(12)10-13)11-15(19)17-7-2-1-3-8-17/h4-5,10H,1-3,6-9,11,16H2. The first-order valence-corrected chi connectivity index (χ1v) is 7.15. The second-order valence-corrected chi connectivity index (χ2v) is 5.50. The van der Waals surface area contributed by atoms with Gasteiger partial charge in [0.05, 0.1) is 6.54 Å². The number of carbonyl (C=O) groups is 1. The summed E-state index contributed by atoms with van der Waals surface area (Å²) >= 11 is 0. The molecule has 2 aliphatic rings. The summed E-state index contributed by atoms with van der Waals surface area (Å²) in [5, 5.41) is 0. The van der Waals surface area contributed by atoms with Crippen molar-refractivity contribution >= 4 is 17.3 Å². The Bertz CT molecular complexity index is 480. The van der Waals surface area contributed by atoms with E-state index in [0.29, 0.717) is 6.54 Å². The number of rotatable bonds is 2. The molecule has 1 amide bonds. The predicted octanol–water partition coefficient (Wildman–Crippen LogP) is 1.64. The van der Waals surface area contributed by atoms with Crippen LogP contribution in [-0.2, 0) is 11.2 Å². The lowest BCUT2D eigenvalue weighted by Crippen LogP contribution is -2.42. The van der Waals surface area contributed by atoms with E-state index in [1.54, 1.807) is 0 Å². The second-order valence-electron chi connectivity index (χ2n) is 5.50. The number of nitrogens with two attached hydrogens (primary N) is 1. The molecule has 0 aliphatic carbocycles. The number of anilines is 2. The minimum absolute atomic E-state index is 0.259. The number of likely N-dealkylation sites (tertiary alicyclic amines) is 1. The zero-order valence-corrected chi connectivity index (χ0v) is 11.3. The normalized spacial score (nSPS) is 18.5. The van der Waals surface area contributed by atoms with Gasteiger partial charge < -0.3 is 15.5 Å². The van der Waals surface area contributed by atoms with E-state index >= 15 is 0 Å². The van der Waals surface area contributed by atoms with Gasteiger partial charge in [-0.25, -0.2) is 0 Å². The maximum Gasteiger partial charge on any atom is 0.242 e. The average molecular weight is 259 g/mol. The summed E-state index contributed by atoms with van der Waals surface area (Å²) < 4.78 is 0. The third-order valence-electron chi connectivity index (χ3n) is 4.14. The van der Waals surface area contributed by atoms with Gasteiger partial charge in [-0.15, -0.1) is 0 Å². The number of hydrogen-bond acceptors (Lipinski definition) is 3. The van der Waals surface area contributed by atoms with Crippen molar-refractivity contribution in [1.29, 1.82) is 0 Å². The zero-order valence-electron chi connectivity index (χ0n) is 11.3. The molecule has 1 fully saturated rings. The number of nitrogen functional groups attached to an aromatic ring is 1. The Hall–Kier alpha value is -1.71. The van der Waals surface area contributed by atoms with Gasteiger partial charge >= 0.3 is 0 Å². The molecule has 0 atom stereocenters. The Morgan fingerprint density at radius 2 is 1.95 bits per heavy atom. The van der Waals surface area contributed by atoms with Crippen LogP contribution in [0.4, 0.5) is 11.4 Å². The fourth-order valence-corrected chi connectivity index (χ4v) is 3.03. The molecule has 0 radical (unpaired) electrons. The van der Waals surface area contributed by atoms with Gasteiger partial charge in [-0.3, -0.25) is 4.79 Å². The first kappa shape index (κ1) is 12.3. The Balaban J connectivity index is 1.68. The molecule has 102 valence electrons. The minimum atomic E-state index is 0.259. The first-order valence-electron chi connectivity index (χ1n) is 7.15. The summed E-state index contributed by atoms with van der Waals surface area (Å²) in [5.41, 5.74) is 9.07. The molecule has 0 bridgehead atoms. The molecule has 2 aliphatic heterocycles. The third-order valence-corrected chi connectivity index (χ3v) is 4.14. The van der Waals surface area contributed by atoms with Gasteiger partial charge in [0.2, 0.25) is 5.91 Å². The molecule has 4 nitrogen and oxygen atoms in total. The van der Waals surface area contributed by atoms with E-state index in [4.69, 9.17) is 5.73 Å². The van der Waals surface area contributed by atoms with E-state index in [0.717, 1.165) is 50.3 Å². The monoisotopic (exact) mass is 259 g/mol. The van der Waals surface area contributed by atoms with Gasteiger partial charge in [-0.05, 0) is 43.4 Å². The molecule has 2 heterocycles. The highest BCUT2D eigenvalue weighted by Gasteiger charge is 2.24. The van der Waals surface area contributed by atoms with Crippen LogP contribution in [0.3, 0.4) is 0 Å². The van der Waals surface area contributed by atoms with Crippen LogP contribution < -0.4 is 10.6 Å². The van der Waals surface area contributed by atoms with Crippen molar-refractivity contribution < 1.29 is 4.79 Å². The molecule has 3 rings (SSSR count). The molecule has 1 aromatic carbocycles. The molecule has 4 heteroatoms. The number of hydrogen-bond donors (Lipinski definition) is 1. The summed E-state index contributed by atoms with van der Waals surface area (Å²) in [6, 6.07) is 6.01.